The summed E-state index contributed by atoms with van der Waals surface area (Å²) in [6.45, 7) is 2.26. The third kappa shape index (κ3) is 16.2. The van der Waals surface area contributed by atoms with Crippen molar-refractivity contribution in [1.29, 1.82) is 0 Å². The number of halogens is 1. The molecule has 0 fully saturated rings. The number of unbranched alkanes of at least 4 members (excludes halogenated alkanes) is 13. The molecular weight excluding hydrogens is 291 g/mol. The third-order valence-electron chi connectivity index (χ3n) is 4.54. The molecule has 0 bridgehead atoms. The molecule has 0 aliphatic carbocycles. The van der Waals surface area contributed by atoms with Crippen molar-refractivity contribution in [3.63, 3.8) is 0 Å². The van der Waals surface area contributed by atoms with Gasteiger partial charge in [-0.15, -0.1) is 0 Å². The van der Waals surface area contributed by atoms with Crippen molar-refractivity contribution in [2.24, 2.45) is 0 Å². The van der Waals surface area contributed by atoms with Crippen molar-refractivity contribution < 1.29 is 14.3 Å². The maximum absolute atomic E-state index is 13.4. The Bertz CT molecular complexity index is 246. The molecule has 0 aliphatic heterocycles. The highest BCUT2D eigenvalue weighted by molar-refractivity contribution is 5.51. The molecule has 0 saturated heterocycles. The number of carbonyl (C=O) groups excluding carboxylic acids is 1. The maximum Gasteiger partial charge on any atom is 0.201 e. The number of aliphatic hydroxyl groups is 1. The molecule has 0 aromatic heterocycles. The Balaban J connectivity index is 3.14. The van der Waals surface area contributed by atoms with E-state index < -0.39 is 12.3 Å². The first-order chi connectivity index (χ1) is 11.2. The molecule has 0 rings (SSSR count). The summed E-state index contributed by atoms with van der Waals surface area (Å²) in [6, 6.07) is 0. The van der Waals surface area contributed by atoms with Crippen LogP contribution in [0.5, 0.6) is 0 Å². The minimum Gasteiger partial charge on any atom is -0.390 e. The van der Waals surface area contributed by atoms with Crippen LogP contribution in [0.1, 0.15) is 110 Å². The summed E-state index contributed by atoms with van der Waals surface area (Å²) in [6.07, 6.45) is 17.2. The lowest BCUT2D eigenvalue weighted by Gasteiger charge is -2.12. The second kappa shape index (κ2) is 17.9. The summed E-state index contributed by atoms with van der Waals surface area (Å²) < 4.78 is 13.4. The van der Waals surface area contributed by atoms with E-state index in [0.29, 0.717) is 6.42 Å². The standard InChI is InChI=1S/C20H38FO2/c1-2-3-4-5-6-7-8-9-10-11-12-13-14-15-16-19(21)20(23)17-18-22/h19-20,23H,2-17H2,1H3. The summed E-state index contributed by atoms with van der Waals surface area (Å²) in [5, 5.41) is 9.28. The van der Waals surface area contributed by atoms with Crippen molar-refractivity contribution >= 4 is 6.29 Å². The Morgan fingerprint density at radius 3 is 1.57 bits per heavy atom. The van der Waals surface area contributed by atoms with E-state index in [9.17, 15) is 14.3 Å². The van der Waals surface area contributed by atoms with Gasteiger partial charge in [0.2, 0.25) is 6.29 Å². The van der Waals surface area contributed by atoms with Crippen LogP contribution >= 0.6 is 0 Å². The first-order valence-electron chi connectivity index (χ1n) is 9.89. The van der Waals surface area contributed by atoms with Crippen LogP contribution in [-0.4, -0.2) is 23.7 Å². The Morgan fingerprint density at radius 2 is 1.17 bits per heavy atom. The average molecular weight is 330 g/mol. The molecule has 2 unspecified atom stereocenters. The SMILES string of the molecule is CCCCCCCCCCCCCCCCC(F)C(O)C[C]=O. The summed E-state index contributed by atoms with van der Waals surface area (Å²) >= 11 is 0. The van der Waals surface area contributed by atoms with Crippen molar-refractivity contribution in [2.45, 2.75) is 122 Å². The van der Waals surface area contributed by atoms with Crippen molar-refractivity contribution in [1.82, 2.24) is 0 Å². The van der Waals surface area contributed by atoms with E-state index in [-0.39, 0.29) is 6.42 Å². The topological polar surface area (TPSA) is 37.3 Å². The molecular formula is C20H38FO2. The zero-order chi connectivity index (χ0) is 17.2. The quantitative estimate of drug-likeness (QED) is 0.310. The van der Waals surface area contributed by atoms with Crippen LogP contribution in [0.2, 0.25) is 0 Å². The van der Waals surface area contributed by atoms with Crippen LogP contribution in [-0.2, 0) is 4.79 Å². The van der Waals surface area contributed by atoms with E-state index in [0.717, 1.165) is 19.3 Å². The fourth-order valence-corrected chi connectivity index (χ4v) is 2.94. The minimum atomic E-state index is -1.27. The highest BCUT2D eigenvalue weighted by atomic mass is 19.1. The molecule has 23 heavy (non-hydrogen) atoms. The molecule has 0 aromatic carbocycles. The van der Waals surface area contributed by atoms with Gasteiger partial charge in [-0.05, 0) is 6.42 Å². The second-order valence-corrected chi connectivity index (χ2v) is 6.82. The zero-order valence-electron chi connectivity index (χ0n) is 15.2. The Morgan fingerprint density at radius 1 is 0.783 bits per heavy atom. The largest absolute Gasteiger partial charge is 0.390 e. The van der Waals surface area contributed by atoms with E-state index in [1.165, 1.54) is 70.6 Å². The zero-order valence-corrected chi connectivity index (χ0v) is 15.2. The normalized spacial score (nSPS) is 13.9. The van der Waals surface area contributed by atoms with Crippen LogP contribution in [0.3, 0.4) is 0 Å². The van der Waals surface area contributed by atoms with Gasteiger partial charge in [-0.1, -0.05) is 96.8 Å². The predicted octanol–water partition coefficient (Wildman–Crippen LogP) is 6.06. The molecule has 0 aromatic rings. The highest BCUT2D eigenvalue weighted by Crippen LogP contribution is 2.15. The van der Waals surface area contributed by atoms with Gasteiger partial charge in [-0.25, -0.2) is 4.39 Å². The summed E-state index contributed by atoms with van der Waals surface area (Å²) in [5.74, 6) is 0. The summed E-state index contributed by atoms with van der Waals surface area (Å²) in [5.41, 5.74) is 0. The van der Waals surface area contributed by atoms with Crippen LogP contribution in [0.15, 0.2) is 0 Å². The van der Waals surface area contributed by atoms with Crippen LogP contribution in [0.25, 0.3) is 0 Å². The van der Waals surface area contributed by atoms with Crippen molar-refractivity contribution in [3.8, 4) is 0 Å². The van der Waals surface area contributed by atoms with Gasteiger partial charge in [0.25, 0.3) is 0 Å². The number of rotatable bonds is 18. The van der Waals surface area contributed by atoms with E-state index in [1.807, 2.05) is 0 Å². The lowest BCUT2D eigenvalue weighted by molar-refractivity contribution is 0.0763. The van der Waals surface area contributed by atoms with E-state index in [4.69, 9.17) is 0 Å². The Labute approximate surface area is 143 Å². The Kier molecular flexibility index (Phi) is 17.6. The smallest absolute Gasteiger partial charge is 0.201 e. The molecule has 0 spiro atoms. The molecule has 3 heteroatoms. The van der Waals surface area contributed by atoms with Crippen LogP contribution < -0.4 is 0 Å². The van der Waals surface area contributed by atoms with Crippen molar-refractivity contribution in [2.75, 3.05) is 0 Å². The highest BCUT2D eigenvalue weighted by Gasteiger charge is 2.17. The molecule has 0 saturated carbocycles. The molecule has 1 N–H and O–H groups in total. The van der Waals surface area contributed by atoms with Crippen LogP contribution in [0, 0.1) is 0 Å². The van der Waals surface area contributed by atoms with E-state index in [2.05, 4.69) is 6.92 Å². The molecule has 137 valence electrons. The third-order valence-corrected chi connectivity index (χ3v) is 4.54. The van der Waals surface area contributed by atoms with E-state index >= 15 is 0 Å². The minimum absolute atomic E-state index is 0.209. The number of hydrogen-bond donors (Lipinski definition) is 1. The first kappa shape index (κ1) is 22.6. The molecule has 0 amide bonds. The molecule has 1 radical (unpaired) electrons. The first-order valence-corrected chi connectivity index (χ1v) is 9.89. The summed E-state index contributed by atoms with van der Waals surface area (Å²) in [7, 11) is 0. The lowest BCUT2D eigenvalue weighted by Crippen LogP contribution is -2.21. The maximum atomic E-state index is 13.4. The van der Waals surface area contributed by atoms with Gasteiger partial charge in [-0.3, -0.25) is 4.79 Å². The van der Waals surface area contributed by atoms with Gasteiger partial charge in [-0.2, -0.15) is 0 Å². The number of aliphatic hydroxyl groups excluding tert-OH is 1. The van der Waals surface area contributed by atoms with Gasteiger partial charge >= 0.3 is 0 Å². The number of hydrogen-bond acceptors (Lipinski definition) is 2. The van der Waals surface area contributed by atoms with Gasteiger partial charge in [0.1, 0.15) is 6.17 Å². The van der Waals surface area contributed by atoms with Gasteiger partial charge < -0.3 is 5.11 Å². The molecule has 0 heterocycles. The fourth-order valence-electron chi connectivity index (χ4n) is 2.94. The second-order valence-electron chi connectivity index (χ2n) is 6.82. The Hall–Kier alpha value is -0.440. The fraction of sp³-hybridized carbons (Fsp3) is 0.950. The van der Waals surface area contributed by atoms with Gasteiger partial charge in [0.15, 0.2) is 0 Å². The lowest BCUT2D eigenvalue weighted by atomic mass is 10.0. The van der Waals surface area contributed by atoms with E-state index in [1.54, 1.807) is 6.29 Å². The average Bonchev–Trinajstić information content (AvgIpc) is 2.55. The number of alkyl halides is 1. The predicted molar refractivity (Wildman–Crippen MR) is 96.1 cm³/mol. The van der Waals surface area contributed by atoms with Crippen LogP contribution in [0.4, 0.5) is 4.39 Å². The summed E-state index contributed by atoms with van der Waals surface area (Å²) in [4.78, 5) is 10.1. The van der Waals surface area contributed by atoms with Crippen molar-refractivity contribution in [3.05, 3.63) is 0 Å². The molecule has 2 atom stereocenters. The van der Waals surface area contributed by atoms with Gasteiger partial charge in [0.05, 0.1) is 6.10 Å². The monoisotopic (exact) mass is 329 g/mol. The molecule has 2 nitrogen and oxygen atoms in total. The molecule has 0 aliphatic rings. The van der Waals surface area contributed by atoms with Gasteiger partial charge in [0, 0.05) is 6.42 Å².